The lowest BCUT2D eigenvalue weighted by Crippen LogP contribution is -2.53. The van der Waals surface area contributed by atoms with Gasteiger partial charge in [0.25, 0.3) is 5.91 Å². The molecule has 1 unspecified atom stereocenters. The minimum Gasteiger partial charge on any atom is -0.487 e. The first-order valence-electron chi connectivity index (χ1n) is 11.0. The van der Waals surface area contributed by atoms with Crippen LogP contribution in [-0.2, 0) is 4.74 Å². The number of likely N-dealkylation sites (tertiary alicyclic amines) is 1. The lowest BCUT2D eigenvalue weighted by molar-refractivity contribution is -0.0233. The van der Waals surface area contributed by atoms with E-state index in [2.05, 4.69) is 15.3 Å². The molecule has 2 aliphatic rings. The number of imidazole rings is 1. The number of carbonyl (C=O) groups excluding carboxylic acids is 2. The van der Waals surface area contributed by atoms with Crippen molar-refractivity contribution in [2.24, 2.45) is 0 Å². The fourth-order valence-corrected chi connectivity index (χ4v) is 4.76. The number of piperidine rings is 1. The Bertz CT molecular complexity index is 1150. The van der Waals surface area contributed by atoms with Gasteiger partial charge in [-0.25, -0.2) is 9.78 Å². The number of carbonyl (C=O) groups is 2. The van der Waals surface area contributed by atoms with E-state index >= 15 is 0 Å². The van der Waals surface area contributed by atoms with Crippen LogP contribution in [0.1, 0.15) is 48.1 Å². The molecule has 166 valence electrons. The van der Waals surface area contributed by atoms with Crippen LogP contribution in [0.15, 0.2) is 48.8 Å². The van der Waals surface area contributed by atoms with E-state index in [0.717, 1.165) is 22.3 Å². The number of nitrogens with one attached hydrogen (secondary N) is 2. The van der Waals surface area contributed by atoms with Gasteiger partial charge >= 0.3 is 6.09 Å². The molecule has 32 heavy (non-hydrogen) atoms. The highest BCUT2D eigenvalue weighted by Gasteiger charge is 2.44. The number of aromatic amines is 1. The molecule has 0 radical (unpaired) electrons. The monoisotopic (exact) mass is 434 g/mol. The molecular formula is C24H26N4O4. The fraction of sp³-hybridized carbons (Fsp3) is 0.375. The van der Waals surface area contributed by atoms with Crippen LogP contribution in [0.5, 0.6) is 5.75 Å². The third-order valence-corrected chi connectivity index (χ3v) is 6.40. The number of aromatic nitrogens is 2. The summed E-state index contributed by atoms with van der Waals surface area (Å²) in [7, 11) is 0. The van der Waals surface area contributed by atoms with E-state index in [1.54, 1.807) is 17.3 Å². The molecule has 2 N–H and O–H groups in total. The summed E-state index contributed by atoms with van der Waals surface area (Å²) in [5.74, 6) is 0.633. The topological polar surface area (TPSA) is 96.5 Å². The second kappa shape index (κ2) is 8.18. The normalized spacial score (nSPS) is 19.3. The number of para-hydroxylation sites is 2. The van der Waals surface area contributed by atoms with E-state index in [-0.39, 0.29) is 18.0 Å². The van der Waals surface area contributed by atoms with Crippen LogP contribution in [0.4, 0.5) is 4.79 Å². The molecule has 8 nitrogen and oxygen atoms in total. The average Bonchev–Trinajstić information content (AvgIpc) is 3.28. The molecule has 8 heteroatoms. The maximum Gasteiger partial charge on any atom is 0.409 e. The number of rotatable bonds is 3. The van der Waals surface area contributed by atoms with E-state index in [9.17, 15) is 9.59 Å². The highest BCUT2D eigenvalue weighted by atomic mass is 16.6. The highest BCUT2D eigenvalue weighted by molar-refractivity contribution is 6.04. The Balaban J connectivity index is 1.38. The summed E-state index contributed by atoms with van der Waals surface area (Å²) < 4.78 is 11.6. The standard InChI is InChI=1S/C24H26N4O4/c1-2-31-23(30)28-12-10-24(11-13-28)14-19(16-6-3-4-9-20(16)32-24)27-22(29)17-7-5-8-18-21(17)26-15-25-18/h3-9,15,19H,2,10-14H2,1H3,(H,25,26)(H,27,29). The minimum absolute atomic E-state index is 0.152. The number of fused-ring (bicyclic) bond motifs is 2. The van der Waals surface area contributed by atoms with Crippen LogP contribution in [0.2, 0.25) is 0 Å². The quantitative estimate of drug-likeness (QED) is 0.654. The van der Waals surface area contributed by atoms with E-state index in [0.29, 0.717) is 44.5 Å². The van der Waals surface area contributed by atoms with Gasteiger partial charge in [-0.05, 0) is 25.1 Å². The summed E-state index contributed by atoms with van der Waals surface area (Å²) in [5, 5.41) is 3.23. The van der Waals surface area contributed by atoms with Crippen molar-refractivity contribution < 1.29 is 19.1 Å². The molecule has 1 spiro atoms. The first-order valence-corrected chi connectivity index (χ1v) is 11.0. The van der Waals surface area contributed by atoms with Crippen molar-refractivity contribution in [1.29, 1.82) is 0 Å². The van der Waals surface area contributed by atoms with Crippen molar-refractivity contribution in [1.82, 2.24) is 20.2 Å². The lowest BCUT2D eigenvalue weighted by Gasteiger charge is -2.46. The molecule has 3 aromatic rings. The Kier molecular flexibility index (Phi) is 5.20. The van der Waals surface area contributed by atoms with Gasteiger partial charge in [0.2, 0.25) is 0 Å². The number of amides is 2. The number of hydrogen-bond donors (Lipinski definition) is 2. The van der Waals surface area contributed by atoms with Crippen LogP contribution in [0.25, 0.3) is 11.0 Å². The van der Waals surface area contributed by atoms with Crippen molar-refractivity contribution in [3.8, 4) is 5.75 Å². The highest BCUT2D eigenvalue weighted by Crippen LogP contribution is 2.44. The van der Waals surface area contributed by atoms with Gasteiger partial charge < -0.3 is 24.7 Å². The van der Waals surface area contributed by atoms with Crippen molar-refractivity contribution in [3.63, 3.8) is 0 Å². The number of H-pyrrole nitrogens is 1. The van der Waals surface area contributed by atoms with Crippen molar-refractivity contribution in [2.75, 3.05) is 19.7 Å². The molecule has 2 amide bonds. The third-order valence-electron chi connectivity index (χ3n) is 6.40. The third kappa shape index (κ3) is 3.66. The molecule has 0 saturated carbocycles. The molecule has 5 rings (SSSR count). The molecule has 1 saturated heterocycles. The maximum atomic E-state index is 13.3. The number of hydrogen-bond acceptors (Lipinski definition) is 5. The Labute approximate surface area is 185 Å². The lowest BCUT2D eigenvalue weighted by atomic mass is 9.80. The Morgan fingerprint density at radius 3 is 2.84 bits per heavy atom. The molecule has 2 aromatic carbocycles. The van der Waals surface area contributed by atoms with E-state index in [1.807, 2.05) is 43.3 Å². The SMILES string of the molecule is CCOC(=O)N1CCC2(CC1)CC(NC(=O)c1cccc3nc[nH]c13)c1ccccc1O2. The van der Waals surface area contributed by atoms with Crippen LogP contribution in [0, 0.1) is 0 Å². The van der Waals surface area contributed by atoms with Gasteiger partial charge in [-0.15, -0.1) is 0 Å². The summed E-state index contributed by atoms with van der Waals surface area (Å²) in [6, 6.07) is 13.2. The zero-order valence-corrected chi connectivity index (χ0v) is 18.0. The molecule has 2 aliphatic heterocycles. The van der Waals surface area contributed by atoms with Crippen LogP contribution in [-0.4, -0.2) is 52.2 Å². The molecular weight excluding hydrogens is 408 g/mol. The van der Waals surface area contributed by atoms with Crippen molar-refractivity contribution >= 4 is 23.0 Å². The van der Waals surface area contributed by atoms with Gasteiger partial charge in [0.15, 0.2) is 0 Å². The van der Waals surface area contributed by atoms with E-state index in [1.165, 1.54) is 0 Å². The van der Waals surface area contributed by atoms with Gasteiger partial charge in [0.05, 0.1) is 35.6 Å². The predicted octanol–water partition coefficient (Wildman–Crippen LogP) is 3.81. The molecule has 0 bridgehead atoms. The summed E-state index contributed by atoms with van der Waals surface area (Å²) >= 11 is 0. The zero-order valence-electron chi connectivity index (χ0n) is 18.0. The van der Waals surface area contributed by atoms with Gasteiger partial charge in [-0.3, -0.25) is 4.79 Å². The Morgan fingerprint density at radius 1 is 1.22 bits per heavy atom. The summed E-state index contributed by atoms with van der Waals surface area (Å²) in [5.41, 5.74) is 2.58. The molecule has 0 aliphatic carbocycles. The van der Waals surface area contributed by atoms with E-state index < -0.39 is 5.60 Å². The average molecular weight is 434 g/mol. The maximum absolute atomic E-state index is 13.3. The van der Waals surface area contributed by atoms with Crippen molar-refractivity contribution in [2.45, 2.75) is 37.8 Å². The van der Waals surface area contributed by atoms with Crippen molar-refractivity contribution in [3.05, 3.63) is 59.9 Å². The van der Waals surface area contributed by atoms with Gasteiger partial charge in [-0.2, -0.15) is 0 Å². The van der Waals surface area contributed by atoms with E-state index in [4.69, 9.17) is 9.47 Å². The first kappa shape index (κ1) is 20.4. The largest absolute Gasteiger partial charge is 0.487 e. The summed E-state index contributed by atoms with van der Waals surface area (Å²) in [4.78, 5) is 34.4. The summed E-state index contributed by atoms with van der Waals surface area (Å²) in [6.45, 7) is 3.30. The molecule has 1 fully saturated rings. The summed E-state index contributed by atoms with van der Waals surface area (Å²) in [6.07, 6.45) is 3.32. The smallest absolute Gasteiger partial charge is 0.409 e. The minimum atomic E-state index is -0.435. The Morgan fingerprint density at radius 2 is 2.03 bits per heavy atom. The Hall–Kier alpha value is -3.55. The zero-order chi connectivity index (χ0) is 22.1. The van der Waals surface area contributed by atoms with Crippen LogP contribution in [0.3, 0.4) is 0 Å². The first-order chi connectivity index (χ1) is 15.6. The number of benzene rings is 2. The second-order valence-electron chi connectivity index (χ2n) is 8.34. The molecule has 1 atom stereocenters. The number of nitrogens with zero attached hydrogens (tertiary/aromatic N) is 2. The predicted molar refractivity (Wildman–Crippen MR) is 119 cm³/mol. The number of ether oxygens (including phenoxy) is 2. The molecule has 1 aromatic heterocycles. The van der Waals surface area contributed by atoms with Gasteiger partial charge in [0.1, 0.15) is 11.4 Å². The van der Waals surface area contributed by atoms with Crippen LogP contribution < -0.4 is 10.1 Å². The second-order valence-corrected chi connectivity index (χ2v) is 8.34. The van der Waals surface area contributed by atoms with Gasteiger partial charge in [-0.1, -0.05) is 24.3 Å². The van der Waals surface area contributed by atoms with Crippen LogP contribution >= 0.6 is 0 Å². The van der Waals surface area contributed by atoms with Gasteiger partial charge in [0, 0.05) is 37.9 Å². The fourth-order valence-electron chi connectivity index (χ4n) is 4.76. The molecule has 3 heterocycles.